The van der Waals surface area contributed by atoms with Gasteiger partial charge in [-0.2, -0.15) is 0 Å². The number of anilines is 1. The van der Waals surface area contributed by atoms with E-state index >= 15 is 0 Å². The SMILES string of the molecule is CCC1(CC)CCN(C(=O)c2cc(N)cnc2Cl)CC1. The van der Waals surface area contributed by atoms with E-state index in [1.54, 1.807) is 6.07 Å². The van der Waals surface area contributed by atoms with Gasteiger partial charge in [-0.1, -0.05) is 38.3 Å². The summed E-state index contributed by atoms with van der Waals surface area (Å²) in [5.41, 5.74) is 6.96. The van der Waals surface area contributed by atoms with Crippen molar-refractivity contribution in [2.75, 3.05) is 18.8 Å². The number of hydrogen-bond acceptors (Lipinski definition) is 3. The van der Waals surface area contributed by atoms with Crippen molar-refractivity contribution >= 4 is 23.2 Å². The maximum Gasteiger partial charge on any atom is 0.257 e. The fourth-order valence-electron chi connectivity index (χ4n) is 2.93. The van der Waals surface area contributed by atoms with Crippen LogP contribution in [0, 0.1) is 5.41 Å². The standard InChI is InChI=1S/C15H22ClN3O/c1-3-15(4-2)5-7-19(8-6-15)14(20)12-9-11(17)10-18-13(12)16/h9-10H,3-8,17H2,1-2H3. The smallest absolute Gasteiger partial charge is 0.257 e. The maximum atomic E-state index is 12.5. The van der Waals surface area contributed by atoms with Gasteiger partial charge in [0, 0.05) is 13.1 Å². The summed E-state index contributed by atoms with van der Waals surface area (Å²) in [4.78, 5) is 18.3. The molecule has 20 heavy (non-hydrogen) atoms. The van der Waals surface area contributed by atoms with Crippen LogP contribution in [0.3, 0.4) is 0 Å². The minimum absolute atomic E-state index is 0.0596. The van der Waals surface area contributed by atoms with Crippen LogP contribution in [-0.2, 0) is 0 Å². The first kappa shape index (κ1) is 15.1. The van der Waals surface area contributed by atoms with Crippen LogP contribution >= 0.6 is 11.6 Å². The Morgan fingerprint density at radius 1 is 1.40 bits per heavy atom. The number of hydrogen-bond donors (Lipinski definition) is 1. The maximum absolute atomic E-state index is 12.5. The van der Waals surface area contributed by atoms with Crippen molar-refractivity contribution in [2.45, 2.75) is 39.5 Å². The number of nitrogens with zero attached hydrogens (tertiary/aromatic N) is 2. The van der Waals surface area contributed by atoms with Gasteiger partial charge in [-0.15, -0.1) is 0 Å². The largest absolute Gasteiger partial charge is 0.397 e. The van der Waals surface area contributed by atoms with Crippen molar-refractivity contribution in [1.29, 1.82) is 0 Å². The molecule has 1 aromatic rings. The minimum atomic E-state index is -0.0596. The van der Waals surface area contributed by atoms with Gasteiger partial charge in [0.05, 0.1) is 17.4 Å². The Kier molecular flexibility index (Phi) is 4.53. The molecule has 1 aliphatic rings. The molecule has 0 aliphatic carbocycles. The number of rotatable bonds is 3. The third-order valence-corrected chi connectivity index (χ3v) is 5.00. The average Bonchev–Trinajstić information content (AvgIpc) is 2.49. The summed E-state index contributed by atoms with van der Waals surface area (Å²) in [6, 6.07) is 1.61. The first-order valence-electron chi connectivity index (χ1n) is 7.21. The summed E-state index contributed by atoms with van der Waals surface area (Å²) in [6.07, 6.45) is 5.92. The highest BCUT2D eigenvalue weighted by molar-refractivity contribution is 6.32. The number of nitrogen functional groups attached to an aromatic ring is 1. The molecule has 0 radical (unpaired) electrons. The Balaban J connectivity index is 2.10. The molecule has 0 aromatic carbocycles. The molecule has 1 fully saturated rings. The van der Waals surface area contributed by atoms with E-state index in [0.29, 0.717) is 16.7 Å². The number of piperidine rings is 1. The zero-order chi connectivity index (χ0) is 14.8. The zero-order valence-corrected chi connectivity index (χ0v) is 12.9. The molecule has 2 heterocycles. The molecule has 2 rings (SSSR count). The molecule has 2 N–H and O–H groups in total. The molecule has 0 spiro atoms. The van der Waals surface area contributed by atoms with Crippen molar-refractivity contribution < 1.29 is 4.79 Å². The summed E-state index contributed by atoms with van der Waals surface area (Å²) in [5, 5.41) is 0.229. The number of carbonyl (C=O) groups is 1. The average molecular weight is 296 g/mol. The first-order chi connectivity index (χ1) is 9.51. The predicted molar refractivity (Wildman–Crippen MR) is 81.8 cm³/mol. The lowest BCUT2D eigenvalue weighted by Gasteiger charge is -2.41. The molecular formula is C15H22ClN3O. The second-order valence-corrected chi connectivity index (χ2v) is 5.96. The van der Waals surface area contributed by atoms with Crippen LogP contribution in [-0.4, -0.2) is 28.9 Å². The van der Waals surface area contributed by atoms with Crippen LogP contribution in [0.4, 0.5) is 5.69 Å². The van der Waals surface area contributed by atoms with Gasteiger partial charge >= 0.3 is 0 Å². The van der Waals surface area contributed by atoms with Gasteiger partial charge in [0.25, 0.3) is 5.91 Å². The molecule has 4 nitrogen and oxygen atoms in total. The zero-order valence-electron chi connectivity index (χ0n) is 12.2. The van der Waals surface area contributed by atoms with E-state index in [4.69, 9.17) is 17.3 Å². The quantitative estimate of drug-likeness (QED) is 0.870. The van der Waals surface area contributed by atoms with E-state index in [1.807, 2.05) is 4.90 Å². The van der Waals surface area contributed by atoms with E-state index < -0.39 is 0 Å². The fourth-order valence-corrected chi connectivity index (χ4v) is 3.11. The number of aromatic nitrogens is 1. The van der Waals surface area contributed by atoms with Crippen LogP contribution in [0.5, 0.6) is 0 Å². The van der Waals surface area contributed by atoms with Crippen LogP contribution < -0.4 is 5.73 Å². The van der Waals surface area contributed by atoms with Gasteiger partial charge < -0.3 is 10.6 Å². The fraction of sp³-hybridized carbons (Fsp3) is 0.600. The molecule has 0 atom stereocenters. The summed E-state index contributed by atoms with van der Waals surface area (Å²) >= 11 is 6.01. The number of pyridine rings is 1. The molecule has 1 saturated heterocycles. The van der Waals surface area contributed by atoms with Crippen LogP contribution in [0.2, 0.25) is 5.15 Å². The van der Waals surface area contributed by atoms with Crippen molar-refractivity contribution in [1.82, 2.24) is 9.88 Å². The number of likely N-dealkylation sites (tertiary alicyclic amines) is 1. The molecule has 0 saturated carbocycles. The van der Waals surface area contributed by atoms with E-state index in [9.17, 15) is 4.79 Å². The minimum Gasteiger partial charge on any atom is -0.397 e. The Hall–Kier alpha value is -1.29. The monoisotopic (exact) mass is 295 g/mol. The molecular weight excluding hydrogens is 274 g/mol. The first-order valence-corrected chi connectivity index (χ1v) is 7.59. The molecule has 0 unspecified atom stereocenters. The Labute approximate surface area is 125 Å². The van der Waals surface area contributed by atoms with Gasteiger partial charge in [-0.05, 0) is 24.3 Å². The van der Waals surface area contributed by atoms with Crippen molar-refractivity contribution in [2.24, 2.45) is 5.41 Å². The molecule has 1 aliphatic heterocycles. The second kappa shape index (κ2) is 6.00. The summed E-state index contributed by atoms with van der Waals surface area (Å²) in [7, 11) is 0. The number of nitrogens with two attached hydrogens (primary N) is 1. The highest BCUT2D eigenvalue weighted by atomic mass is 35.5. The van der Waals surface area contributed by atoms with E-state index in [-0.39, 0.29) is 11.1 Å². The Morgan fingerprint density at radius 2 is 2.00 bits per heavy atom. The van der Waals surface area contributed by atoms with Gasteiger partial charge in [-0.3, -0.25) is 4.79 Å². The third kappa shape index (κ3) is 2.90. The van der Waals surface area contributed by atoms with Gasteiger partial charge in [0.2, 0.25) is 0 Å². The summed E-state index contributed by atoms with van der Waals surface area (Å²) in [6.45, 7) is 6.04. The molecule has 0 bridgehead atoms. The number of carbonyl (C=O) groups excluding carboxylic acids is 1. The van der Waals surface area contributed by atoms with E-state index in [2.05, 4.69) is 18.8 Å². The highest BCUT2D eigenvalue weighted by Crippen LogP contribution is 2.38. The van der Waals surface area contributed by atoms with E-state index in [1.165, 1.54) is 19.0 Å². The normalized spacial score (nSPS) is 18.1. The Bertz CT molecular complexity index is 490. The number of amides is 1. The van der Waals surface area contributed by atoms with Gasteiger partial charge in [-0.25, -0.2) is 4.98 Å². The van der Waals surface area contributed by atoms with Crippen molar-refractivity contribution in [3.05, 3.63) is 23.0 Å². The molecule has 110 valence electrons. The van der Waals surface area contributed by atoms with Crippen LogP contribution in [0.25, 0.3) is 0 Å². The lowest BCUT2D eigenvalue weighted by molar-refractivity contribution is 0.0557. The second-order valence-electron chi connectivity index (χ2n) is 5.61. The lowest BCUT2D eigenvalue weighted by Crippen LogP contribution is -2.43. The van der Waals surface area contributed by atoms with Gasteiger partial charge in [0.1, 0.15) is 5.15 Å². The van der Waals surface area contributed by atoms with Crippen LogP contribution in [0.15, 0.2) is 12.3 Å². The topological polar surface area (TPSA) is 59.2 Å². The Morgan fingerprint density at radius 3 is 2.55 bits per heavy atom. The highest BCUT2D eigenvalue weighted by Gasteiger charge is 2.33. The summed E-state index contributed by atoms with van der Waals surface area (Å²) < 4.78 is 0. The molecule has 1 amide bonds. The van der Waals surface area contributed by atoms with Crippen molar-refractivity contribution in [3.8, 4) is 0 Å². The summed E-state index contributed by atoms with van der Waals surface area (Å²) in [5.74, 6) is -0.0596. The van der Waals surface area contributed by atoms with Crippen LogP contribution in [0.1, 0.15) is 49.9 Å². The molecule has 1 aromatic heterocycles. The number of halogens is 1. The predicted octanol–water partition coefficient (Wildman–Crippen LogP) is 3.36. The van der Waals surface area contributed by atoms with E-state index in [0.717, 1.165) is 25.9 Å². The van der Waals surface area contributed by atoms with Gasteiger partial charge in [0.15, 0.2) is 0 Å². The van der Waals surface area contributed by atoms with Crippen molar-refractivity contribution in [3.63, 3.8) is 0 Å². The molecule has 5 heteroatoms. The lowest BCUT2D eigenvalue weighted by atomic mass is 9.74. The third-order valence-electron chi connectivity index (χ3n) is 4.70.